The summed E-state index contributed by atoms with van der Waals surface area (Å²) in [6.07, 6.45) is 0. The monoisotopic (exact) mass is 391 g/mol. The summed E-state index contributed by atoms with van der Waals surface area (Å²) in [7, 11) is 0. The number of allylic oxidation sites excluding steroid dienone is 2. The molecule has 0 saturated carbocycles. The Hall–Kier alpha value is -2.72. The molecule has 3 nitrogen and oxygen atoms in total. The van der Waals surface area contributed by atoms with Gasteiger partial charge in [0.05, 0.1) is 4.48 Å². The zero-order chi connectivity index (χ0) is 17.4. The van der Waals surface area contributed by atoms with E-state index in [1.54, 1.807) is 12.1 Å². The molecule has 0 aromatic heterocycles. The summed E-state index contributed by atoms with van der Waals surface area (Å²) in [6.45, 7) is 0.479. The summed E-state index contributed by atoms with van der Waals surface area (Å²) in [5, 5.41) is 5.01. The van der Waals surface area contributed by atoms with Crippen molar-refractivity contribution in [3.05, 3.63) is 93.6 Å². The number of carbonyl (C=O) groups excluding carboxylic acids is 2. The largest absolute Gasteiger partial charge is 0.377 e. The van der Waals surface area contributed by atoms with Crippen molar-refractivity contribution in [1.82, 2.24) is 5.32 Å². The van der Waals surface area contributed by atoms with E-state index in [-0.39, 0.29) is 16.0 Å². The van der Waals surface area contributed by atoms with E-state index in [4.69, 9.17) is 0 Å². The molecule has 3 aromatic carbocycles. The van der Waals surface area contributed by atoms with Crippen LogP contribution in [0.1, 0.15) is 26.3 Å². The molecule has 0 radical (unpaired) electrons. The molecule has 1 aliphatic rings. The van der Waals surface area contributed by atoms with Gasteiger partial charge in [-0.3, -0.25) is 9.59 Å². The molecule has 25 heavy (non-hydrogen) atoms. The molecule has 0 fully saturated rings. The maximum absolute atomic E-state index is 12.9. The Morgan fingerprint density at radius 1 is 0.760 bits per heavy atom. The Labute approximate surface area is 153 Å². The maximum atomic E-state index is 12.9. The first kappa shape index (κ1) is 15.8. The fourth-order valence-electron chi connectivity index (χ4n) is 3.03. The molecule has 1 aliphatic carbocycles. The SMILES string of the molecule is O=C1C(Br)=C(NCc2ccccc2)C(=O)c2cc3ccccc3cc21. The average molecular weight is 392 g/mol. The molecule has 0 bridgehead atoms. The molecule has 122 valence electrons. The number of halogens is 1. The number of hydrogen-bond acceptors (Lipinski definition) is 3. The average Bonchev–Trinajstić information content (AvgIpc) is 2.66. The van der Waals surface area contributed by atoms with Crippen molar-refractivity contribution < 1.29 is 9.59 Å². The summed E-state index contributed by atoms with van der Waals surface area (Å²) in [5.41, 5.74) is 2.25. The van der Waals surface area contributed by atoms with Gasteiger partial charge in [0.25, 0.3) is 0 Å². The molecule has 4 rings (SSSR count). The van der Waals surface area contributed by atoms with Gasteiger partial charge in [0.1, 0.15) is 5.70 Å². The smallest absolute Gasteiger partial charge is 0.210 e. The lowest BCUT2D eigenvalue weighted by atomic mass is 9.90. The van der Waals surface area contributed by atoms with Gasteiger partial charge in [-0.2, -0.15) is 0 Å². The lowest BCUT2D eigenvalue weighted by molar-refractivity contribution is 0.0976. The number of fused-ring (bicyclic) bond motifs is 2. The fourth-order valence-corrected chi connectivity index (χ4v) is 3.56. The van der Waals surface area contributed by atoms with Crippen LogP contribution in [-0.2, 0) is 6.54 Å². The van der Waals surface area contributed by atoms with E-state index in [1.807, 2.05) is 54.6 Å². The number of benzene rings is 3. The second kappa shape index (κ2) is 6.30. The van der Waals surface area contributed by atoms with Crippen LogP contribution in [0.4, 0.5) is 0 Å². The first-order valence-electron chi connectivity index (χ1n) is 7.95. The van der Waals surface area contributed by atoms with E-state index in [9.17, 15) is 9.59 Å². The Morgan fingerprint density at radius 3 is 1.96 bits per heavy atom. The van der Waals surface area contributed by atoms with Crippen molar-refractivity contribution in [2.75, 3.05) is 0 Å². The maximum Gasteiger partial charge on any atom is 0.210 e. The van der Waals surface area contributed by atoms with Crippen molar-refractivity contribution in [3.8, 4) is 0 Å². The number of ketones is 2. The normalized spacial score (nSPS) is 14.0. The van der Waals surface area contributed by atoms with E-state index in [0.717, 1.165) is 16.3 Å². The number of carbonyl (C=O) groups is 2. The quantitative estimate of drug-likeness (QED) is 0.708. The first-order valence-corrected chi connectivity index (χ1v) is 8.74. The van der Waals surface area contributed by atoms with Gasteiger partial charge in [0, 0.05) is 17.7 Å². The predicted octanol–water partition coefficient (Wildman–Crippen LogP) is 4.62. The van der Waals surface area contributed by atoms with E-state index >= 15 is 0 Å². The second-order valence-corrected chi connectivity index (χ2v) is 6.72. The number of rotatable bonds is 3. The standard InChI is InChI=1S/C21H14BrNO2/c22-18-19(23-12-13-6-2-1-3-7-13)21(25)17-11-15-9-5-4-8-14(15)10-16(17)20(18)24/h1-11,23H,12H2. The van der Waals surface area contributed by atoms with E-state index in [1.165, 1.54) is 0 Å². The van der Waals surface area contributed by atoms with Gasteiger partial charge in [-0.05, 0) is 44.4 Å². The molecule has 0 unspecified atom stereocenters. The van der Waals surface area contributed by atoms with Crippen molar-refractivity contribution >= 4 is 38.3 Å². The summed E-state index contributed by atoms with van der Waals surface area (Å²) >= 11 is 3.31. The van der Waals surface area contributed by atoms with Crippen LogP contribution in [0.5, 0.6) is 0 Å². The van der Waals surface area contributed by atoms with Gasteiger partial charge in [-0.15, -0.1) is 0 Å². The molecular formula is C21H14BrNO2. The van der Waals surface area contributed by atoms with Gasteiger partial charge in [-0.25, -0.2) is 0 Å². The summed E-state index contributed by atoms with van der Waals surface area (Å²) in [4.78, 5) is 25.7. The highest BCUT2D eigenvalue weighted by atomic mass is 79.9. The van der Waals surface area contributed by atoms with Crippen LogP contribution >= 0.6 is 15.9 Å². The van der Waals surface area contributed by atoms with Crippen LogP contribution < -0.4 is 5.32 Å². The Bertz CT molecular complexity index is 1040. The van der Waals surface area contributed by atoms with Crippen LogP contribution in [-0.4, -0.2) is 11.6 Å². The number of nitrogens with one attached hydrogen (secondary N) is 1. The van der Waals surface area contributed by atoms with Crippen molar-refractivity contribution in [3.63, 3.8) is 0 Å². The molecule has 0 saturated heterocycles. The van der Waals surface area contributed by atoms with Crippen LogP contribution in [0.2, 0.25) is 0 Å². The topological polar surface area (TPSA) is 46.2 Å². The molecule has 4 heteroatoms. The fraction of sp³-hybridized carbons (Fsp3) is 0.0476. The predicted molar refractivity (Wildman–Crippen MR) is 102 cm³/mol. The van der Waals surface area contributed by atoms with E-state index in [0.29, 0.717) is 23.4 Å². The molecule has 0 amide bonds. The summed E-state index contributed by atoms with van der Waals surface area (Å²) in [5.74, 6) is -0.334. The number of hydrogen-bond donors (Lipinski definition) is 1. The second-order valence-electron chi connectivity index (χ2n) is 5.93. The van der Waals surface area contributed by atoms with Crippen LogP contribution in [0, 0.1) is 0 Å². The van der Waals surface area contributed by atoms with E-state index < -0.39 is 0 Å². The highest BCUT2D eigenvalue weighted by Crippen LogP contribution is 2.31. The molecule has 0 atom stereocenters. The zero-order valence-corrected chi connectivity index (χ0v) is 14.8. The van der Waals surface area contributed by atoms with Gasteiger partial charge in [0.15, 0.2) is 0 Å². The highest BCUT2D eigenvalue weighted by Gasteiger charge is 2.31. The Kier molecular flexibility index (Phi) is 3.98. The summed E-state index contributed by atoms with van der Waals surface area (Å²) in [6, 6.07) is 21.1. The minimum absolute atomic E-state index is 0.164. The first-order chi connectivity index (χ1) is 12.1. The van der Waals surface area contributed by atoms with Gasteiger partial charge < -0.3 is 5.32 Å². The highest BCUT2D eigenvalue weighted by molar-refractivity contribution is 9.12. The van der Waals surface area contributed by atoms with Gasteiger partial charge >= 0.3 is 0 Å². The Morgan fingerprint density at radius 2 is 1.32 bits per heavy atom. The van der Waals surface area contributed by atoms with Crippen LogP contribution in [0.15, 0.2) is 76.9 Å². The molecule has 1 N–H and O–H groups in total. The molecular weight excluding hydrogens is 378 g/mol. The van der Waals surface area contributed by atoms with Gasteiger partial charge in [0.2, 0.25) is 11.6 Å². The third kappa shape index (κ3) is 2.79. The molecule has 0 spiro atoms. The third-order valence-corrected chi connectivity index (χ3v) is 5.09. The van der Waals surface area contributed by atoms with Crippen molar-refractivity contribution in [2.24, 2.45) is 0 Å². The van der Waals surface area contributed by atoms with Crippen LogP contribution in [0.3, 0.4) is 0 Å². The van der Waals surface area contributed by atoms with Crippen LogP contribution in [0.25, 0.3) is 10.8 Å². The molecule has 0 aliphatic heterocycles. The third-order valence-electron chi connectivity index (χ3n) is 4.33. The minimum atomic E-state index is -0.170. The number of Topliss-reactive ketones (excluding diaryl/α,β-unsaturated/α-hetero) is 2. The minimum Gasteiger partial charge on any atom is -0.377 e. The van der Waals surface area contributed by atoms with Crippen molar-refractivity contribution in [2.45, 2.75) is 6.54 Å². The lowest BCUT2D eigenvalue weighted by Crippen LogP contribution is -2.28. The molecule has 0 heterocycles. The van der Waals surface area contributed by atoms with Gasteiger partial charge in [-0.1, -0.05) is 54.6 Å². The zero-order valence-electron chi connectivity index (χ0n) is 13.3. The Balaban J connectivity index is 1.73. The van der Waals surface area contributed by atoms with E-state index in [2.05, 4.69) is 21.2 Å². The lowest BCUT2D eigenvalue weighted by Gasteiger charge is -2.20. The van der Waals surface area contributed by atoms with Crippen molar-refractivity contribution in [1.29, 1.82) is 0 Å². The summed E-state index contributed by atoms with van der Waals surface area (Å²) < 4.78 is 0.288. The molecule has 3 aromatic rings.